The van der Waals surface area contributed by atoms with Crippen LogP contribution in [-0.2, 0) is 0 Å². The summed E-state index contributed by atoms with van der Waals surface area (Å²) in [5, 5.41) is 2.84. The first-order valence-corrected chi connectivity index (χ1v) is 8.70. The van der Waals surface area contributed by atoms with Crippen LogP contribution < -0.4 is 19.5 Å². The highest BCUT2D eigenvalue weighted by Crippen LogP contribution is 2.28. The van der Waals surface area contributed by atoms with Crippen molar-refractivity contribution in [1.29, 1.82) is 0 Å². The molecule has 0 aromatic heterocycles. The van der Waals surface area contributed by atoms with Crippen molar-refractivity contribution in [1.82, 2.24) is 5.32 Å². The van der Waals surface area contributed by atoms with Gasteiger partial charge in [-0.15, -0.1) is 0 Å². The van der Waals surface area contributed by atoms with Gasteiger partial charge < -0.3 is 19.5 Å². The van der Waals surface area contributed by atoms with Crippen LogP contribution in [0.15, 0.2) is 42.5 Å². The molecule has 0 atom stereocenters. The van der Waals surface area contributed by atoms with E-state index in [0.717, 1.165) is 0 Å². The first kappa shape index (κ1) is 19.6. The number of carbonyl (C=O) groups is 1. The molecule has 2 aromatic carbocycles. The minimum absolute atomic E-state index is 0.184. The van der Waals surface area contributed by atoms with E-state index in [2.05, 4.69) is 5.32 Å². The zero-order chi connectivity index (χ0) is 18.8. The molecule has 0 bridgehead atoms. The van der Waals surface area contributed by atoms with Crippen molar-refractivity contribution in [2.24, 2.45) is 0 Å². The Kier molecular flexibility index (Phi) is 7.74. The molecule has 2 aromatic rings. The Morgan fingerprint density at radius 2 is 1.65 bits per heavy atom. The predicted octanol–water partition coefficient (Wildman–Crippen LogP) is 3.82. The van der Waals surface area contributed by atoms with Crippen molar-refractivity contribution >= 4 is 5.91 Å². The zero-order valence-corrected chi connectivity index (χ0v) is 15.1. The Balaban J connectivity index is 1.79. The third-order valence-corrected chi connectivity index (χ3v) is 3.49. The molecule has 0 heterocycles. The van der Waals surface area contributed by atoms with E-state index in [4.69, 9.17) is 14.2 Å². The summed E-state index contributed by atoms with van der Waals surface area (Å²) in [4.78, 5) is 12.3. The molecule has 140 valence electrons. The standard InChI is InChI=1S/C20H24FNO4/c1-3-24-18-11-6-15(14-19(18)25-4-2)20(23)22-12-5-13-26-17-9-7-16(21)8-10-17/h6-11,14H,3-5,12-13H2,1-2H3,(H,22,23). The second-order valence-corrected chi connectivity index (χ2v) is 5.44. The molecule has 0 aliphatic heterocycles. The van der Waals surface area contributed by atoms with Gasteiger partial charge in [0.05, 0.1) is 19.8 Å². The van der Waals surface area contributed by atoms with E-state index in [0.29, 0.717) is 55.6 Å². The van der Waals surface area contributed by atoms with Gasteiger partial charge in [-0.1, -0.05) is 0 Å². The summed E-state index contributed by atoms with van der Waals surface area (Å²) in [7, 11) is 0. The molecule has 26 heavy (non-hydrogen) atoms. The smallest absolute Gasteiger partial charge is 0.251 e. The fraction of sp³-hybridized carbons (Fsp3) is 0.350. The van der Waals surface area contributed by atoms with Gasteiger partial charge in [0.1, 0.15) is 11.6 Å². The number of benzene rings is 2. The number of halogens is 1. The first-order valence-electron chi connectivity index (χ1n) is 8.70. The molecule has 5 nitrogen and oxygen atoms in total. The molecule has 0 unspecified atom stereocenters. The monoisotopic (exact) mass is 361 g/mol. The van der Waals surface area contributed by atoms with E-state index < -0.39 is 0 Å². The lowest BCUT2D eigenvalue weighted by molar-refractivity contribution is 0.0951. The number of amides is 1. The molecule has 1 amide bonds. The van der Waals surface area contributed by atoms with Crippen LogP contribution in [0.25, 0.3) is 0 Å². The fourth-order valence-electron chi connectivity index (χ4n) is 2.29. The summed E-state index contributed by atoms with van der Waals surface area (Å²) in [6, 6.07) is 11.0. The lowest BCUT2D eigenvalue weighted by atomic mass is 10.2. The van der Waals surface area contributed by atoms with Crippen molar-refractivity contribution in [3.63, 3.8) is 0 Å². The van der Waals surface area contributed by atoms with Gasteiger partial charge in [-0.25, -0.2) is 4.39 Å². The summed E-state index contributed by atoms with van der Waals surface area (Å²) in [5.74, 6) is 1.30. The average molecular weight is 361 g/mol. The Bertz CT molecular complexity index is 703. The van der Waals surface area contributed by atoms with Gasteiger partial charge in [0.2, 0.25) is 0 Å². The maximum Gasteiger partial charge on any atom is 0.251 e. The van der Waals surface area contributed by atoms with Crippen LogP contribution in [0.1, 0.15) is 30.6 Å². The van der Waals surface area contributed by atoms with Crippen molar-refractivity contribution in [2.75, 3.05) is 26.4 Å². The highest BCUT2D eigenvalue weighted by Gasteiger charge is 2.11. The van der Waals surface area contributed by atoms with Gasteiger partial charge in [-0.05, 0) is 62.7 Å². The largest absolute Gasteiger partial charge is 0.494 e. The SMILES string of the molecule is CCOc1ccc(C(=O)NCCCOc2ccc(F)cc2)cc1OCC. The molecule has 6 heteroatoms. The number of hydrogen-bond donors (Lipinski definition) is 1. The van der Waals surface area contributed by atoms with Gasteiger partial charge in [-0.2, -0.15) is 0 Å². The van der Waals surface area contributed by atoms with Gasteiger partial charge >= 0.3 is 0 Å². The Labute approximate surface area is 153 Å². The summed E-state index contributed by atoms with van der Waals surface area (Å²) in [6.45, 7) is 5.69. The third kappa shape index (κ3) is 5.95. The molecule has 0 saturated heterocycles. The quantitative estimate of drug-likeness (QED) is 0.654. The van der Waals surface area contributed by atoms with Gasteiger partial charge in [0.15, 0.2) is 11.5 Å². The highest BCUT2D eigenvalue weighted by molar-refractivity contribution is 5.94. The molecule has 0 aliphatic rings. The number of nitrogens with one attached hydrogen (secondary N) is 1. The number of carbonyl (C=O) groups excluding carboxylic acids is 1. The number of rotatable bonds is 10. The maximum absolute atomic E-state index is 12.8. The molecular weight excluding hydrogens is 337 g/mol. The van der Waals surface area contributed by atoms with Crippen LogP contribution in [-0.4, -0.2) is 32.3 Å². The molecule has 0 aliphatic carbocycles. The van der Waals surface area contributed by atoms with E-state index in [1.54, 1.807) is 30.3 Å². The van der Waals surface area contributed by atoms with Gasteiger partial charge in [-0.3, -0.25) is 4.79 Å². The molecule has 0 radical (unpaired) electrons. The van der Waals surface area contributed by atoms with Gasteiger partial charge in [0, 0.05) is 12.1 Å². The zero-order valence-electron chi connectivity index (χ0n) is 15.1. The van der Waals surface area contributed by atoms with Crippen LogP contribution >= 0.6 is 0 Å². The summed E-state index contributed by atoms with van der Waals surface area (Å²) in [5.41, 5.74) is 0.511. The fourth-order valence-corrected chi connectivity index (χ4v) is 2.29. The van der Waals surface area contributed by atoms with Crippen LogP contribution in [0, 0.1) is 5.82 Å². The topological polar surface area (TPSA) is 56.8 Å². The van der Waals surface area contributed by atoms with Crippen LogP contribution in [0.3, 0.4) is 0 Å². The van der Waals surface area contributed by atoms with E-state index in [1.165, 1.54) is 12.1 Å². The summed E-state index contributed by atoms with van der Waals surface area (Å²) < 4.78 is 29.3. The maximum atomic E-state index is 12.8. The van der Waals surface area contributed by atoms with Gasteiger partial charge in [0.25, 0.3) is 5.91 Å². The van der Waals surface area contributed by atoms with Crippen LogP contribution in [0.5, 0.6) is 17.2 Å². The minimum atomic E-state index is -0.300. The number of hydrogen-bond acceptors (Lipinski definition) is 4. The van der Waals surface area contributed by atoms with E-state index in [1.807, 2.05) is 13.8 Å². The lowest BCUT2D eigenvalue weighted by Gasteiger charge is -2.12. The highest BCUT2D eigenvalue weighted by atomic mass is 19.1. The summed E-state index contributed by atoms with van der Waals surface area (Å²) in [6.07, 6.45) is 0.637. The van der Waals surface area contributed by atoms with Crippen molar-refractivity contribution in [3.8, 4) is 17.2 Å². The normalized spacial score (nSPS) is 10.3. The predicted molar refractivity (Wildman–Crippen MR) is 97.6 cm³/mol. The van der Waals surface area contributed by atoms with Crippen LogP contribution in [0.4, 0.5) is 4.39 Å². The Morgan fingerprint density at radius 3 is 2.35 bits per heavy atom. The van der Waals surface area contributed by atoms with E-state index >= 15 is 0 Å². The number of ether oxygens (including phenoxy) is 3. The molecule has 0 spiro atoms. The third-order valence-electron chi connectivity index (χ3n) is 3.49. The van der Waals surface area contributed by atoms with Crippen molar-refractivity contribution < 1.29 is 23.4 Å². The second kappa shape index (κ2) is 10.3. The van der Waals surface area contributed by atoms with Crippen molar-refractivity contribution in [3.05, 3.63) is 53.8 Å². The first-order chi connectivity index (χ1) is 12.6. The summed E-state index contributed by atoms with van der Waals surface area (Å²) >= 11 is 0. The molecular formula is C20H24FNO4. The molecule has 1 N–H and O–H groups in total. The Hall–Kier alpha value is -2.76. The average Bonchev–Trinajstić information content (AvgIpc) is 2.64. The van der Waals surface area contributed by atoms with Crippen molar-refractivity contribution in [2.45, 2.75) is 20.3 Å². The molecule has 0 saturated carbocycles. The van der Waals surface area contributed by atoms with E-state index in [-0.39, 0.29) is 11.7 Å². The second-order valence-electron chi connectivity index (χ2n) is 5.44. The molecule has 2 rings (SSSR count). The van der Waals surface area contributed by atoms with E-state index in [9.17, 15) is 9.18 Å². The molecule has 0 fully saturated rings. The Morgan fingerprint density at radius 1 is 0.962 bits per heavy atom. The van der Waals surface area contributed by atoms with Crippen LogP contribution in [0.2, 0.25) is 0 Å². The minimum Gasteiger partial charge on any atom is -0.494 e. The lowest BCUT2D eigenvalue weighted by Crippen LogP contribution is -2.25.